The molecule has 0 atom stereocenters. The fourth-order valence-corrected chi connectivity index (χ4v) is 10.6. The quantitative estimate of drug-likeness (QED) is 0.0339. The van der Waals surface area contributed by atoms with Crippen LogP contribution in [-0.2, 0) is 23.5 Å². The van der Waals surface area contributed by atoms with E-state index >= 15 is 0 Å². The predicted molar refractivity (Wildman–Crippen MR) is 313 cm³/mol. The second-order valence-electron chi connectivity index (χ2n) is 23.4. The number of nitrogens with zero attached hydrogens (tertiary/aromatic N) is 3. The van der Waals surface area contributed by atoms with Crippen molar-refractivity contribution in [2.24, 2.45) is 0 Å². The Morgan fingerprint density at radius 3 is 0.845 bits per heavy atom. The first-order valence-corrected chi connectivity index (χ1v) is 34.4. The first kappa shape index (κ1) is 70.0. The van der Waals surface area contributed by atoms with Gasteiger partial charge in [0.15, 0.2) is 8.32 Å². The first-order chi connectivity index (χ1) is 34.4. The van der Waals surface area contributed by atoms with Crippen LogP contribution in [0.1, 0.15) is 292 Å². The number of hydrogen-bond donors (Lipinski definition) is 0. The summed E-state index contributed by atoms with van der Waals surface area (Å²) in [6, 6.07) is 0. The standard InChI is InChI=1S/C62H127N3O5Si/c1-10-14-18-22-26-30-34-38-48-63(49-39-35-31-27-23-19-15-11-2)52-42-46-60(66)68-57-44-54-65(56-59-70-71(8,9)62(5,6)7)55-45-58-69-61(67)47-43-53-64(50-40-36-32-28-24-20-16-12-3)51-41-37-33-29-25-21-17-13-4/h10-59H2,1-9H3. The van der Waals surface area contributed by atoms with Gasteiger partial charge in [-0.05, 0) is 109 Å². The number of esters is 2. The third-order valence-electron chi connectivity index (χ3n) is 15.5. The Kier molecular flexibility index (Phi) is 50.4. The highest BCUT2D eigenvalue weighted by Gasteiger charge is 2.37. The van der Waals surface area contributed by atoms with Crippen LogP contribution in [0.3, 0.4) is 0 Å². The molecule has 0 aliphatic carbocycles. The molecule has 0 fully saturated rings. The van der Waals surface area contributed by atoms with Crippen molar-refractivity contribution >= 4 is 20.3 Å². The Morgan fingerprint density at radius 1 is 0.324 bits per heavy atom. The molecule has 0 spiro atoms. The lowest BCUT2D eigenvalue weighted by Gasteiger charge is -2.36. The predicted octanol–water partition coefficient (Wildman–Crippen LogP) is 17.9. The maximum absolute atomic E-state index is 12.9. The lowest BCUT2D eigenvalue weighted by molar-refractivity contribution is -0.144. The summed E-state index contributed by atoms with van der Waals surface area (Å²) in [6.07, 6.45) is 47.5. The van der Waals surface area contributed by atoms with Crippen molar-refractivity contribution in [3.05, 3.63) is 0 Å². The van der Waals surface area contributed by atoms with Crippen LogP contribution < -0.4 is 0 Å². The zero-order chi connectivity index (χ0) is 52.4. The van der Waals surface area contributed by atoms with Crippen molar-refractivity contribution in [3.8, 4) is 0 Å². The molecule has 0 radical (unpaired) electrons. The van der Waals surface area contributed by atoms with Gasteiger partial charge in [-0.1, -0.05) is 228 Å². The second-order valence-corrected chi connectivity index (χ2v) is 28.2. The van der Waals surface area contributed by atoms with Crippen LogP contribution in [0.4, 0.5) is 0 Å². The number of ether oxygens (including phenoxy) is 2. The summed E-state index contributed by atoms with van der Waals surface area (Å²) in [6.45, 7) is 31.4. The smallest absolute Gasteiger partial charge is 0.305 e. The maximum Gasteiger partial charge on any atom is 0.305 e. The van der Waals surface area contributed by atoms with Crippen LogP contribution >= 0.6 is 0 Å². The molecular weight excluding hydrogens is 895 g/mol. The Balaban J connectivity index is 4.93. The van der Waals surface area contributed by atoms with Crippen molar-refractivity contribution in [3.63, 3.8) is 0 Å². The molecule has 9 heteroatoms. The summed E-state index contributed by atoms with van der Waals surface area (Å²) < 4.78 is 18.2. The lowest BCUT2D eigenvalue weighted by atomic mass is 10.1. The van der Waals surface area contributed by atoms with Gasteiger partial charge in [0.05, 0.1) is 13.2 Å². The second kappa shape index (κ2) is 51.1. The van der Waals surface area contributed by atoms with Gasteiger partial charge in [-0.25, -0.2) is 0 Å². The van der Waals surface area contributed by atoms with Crippen molar-refractivity contribution in [2.45, 2.75) is 311 Å². The van der Waals surface area contributed by atoms with Gasteiger partial charge in [-0.3, -0.25) is 9.59 Å². The molecule has 424 valence electrons. The average molecular weight is 1020 g/mol. The van der Waals surface area contributed by atoms with Gasteiger partial charge in [0.25, 0.3) is 0 Å². The molecule has 0 saturated carbocycles. The summed E-state index contributed by atoms with van der Waals surface area (Å²) in [5, 5.41) is 0.163. The number of rotatable bonds is 56. The molecule has 0 unspecified atom stereocenters. The molecule has 0 aromatic rings. The number of carbonyl (C=O) groups excluding carboxylic acids is 2. The fourth-order valence-electron chi connectivity index (χ4n) is 9.52. The molecule has 0 heterocycles. The summed E-state index contributed by atoms with van der Waals surface area (Å²) in [5.74, 6) is -0.124. The third kappa shape index (κ3) is 47.2. The molecule has 0 rings (SSSR count). The monoisotopic (exact) mass is 1020 g/mol. The van der Waals surface area contributed by atoms with Crippen LogP contribution in [0.2, 0.25) is 18.1 Å². The molecule has 0 saturated heterocycles. The summed E-state index contributed by atoms with van der Waals surface area (Å²) in [4.78, 5) is 33.6. The van der Waals surface area contributed by atoms with E-state index in [1.54, 1.807) is 0 Å². The zero-order valence-corrected chi connectivity index (χ0v) is 50.7. The number of carbonyl (C=O) groups is 2. The van der Waals surface area contributed by atoms with Crippen LogP contribution in [0.15, 0.2) is 0 Å². The molecular formula is C62H127N3O5Si. The molecule has 0 aliphatic heterocycles. The van der Waals surface area contributed by atoms with Gasteiger partial charge in [0.1, 0.15) is 0 Å². The summed E-state index contributed by atoms with van der Waals surface area (Å²) in [5.41, 5.74) is 0. The van der Waals surface area contributed by atoms with Gasteiger partial charge < -0.3 is 28.6 Å². The normalized spacial score (nSPS) is 12.3. The highest BCUT2D eigenvalue weighted by molar-refractivity contribution is 6.74. The van der Waals surface area contributed by atoms with Crippen LogP contribution in [0, 0.1) is 0 Å². The summed E-state index contributed by atoms with van der Waals surface area (Å²) in [7, 11) is -1.86. The van der Waals surface area contributed by atoms with Crippen LogP contribution in [-0.4, -0.2) is 114 Å². The van der Waals surface area contributed by atoms with Crippen LogP contribution in [0.25, 0.3) is 0 Å². The maximum atomic E-state index is 12.9. The number of hydrogen-bond acceptors (Lipinski definition) is 8. The molecule has 0 bridgehead atoms. The van der Waals surface area contributed by atoms with E-state index in [0.717, 1.165) is 84.6 Å². The molecule has 0 aromatic carbocycles. The molecule has 0 amide bonds. The lowest BCUT2D eigenvalue weighted by Crippen LogP contribution is -2.43. The van der Waals surface area contributed by atoms with E-state index in [9.17, 15) is 9.59 Å². The Bertz CT molecular complexity index is 1020. The van der Waals surface area contributed by atoms with E-state index in [1.165, 1.54) is 205 Å². The Labute approximate surface area is 445 Å². The first-order valence-electron chi connectivity index (χ1n) is 31.5. The van der Waals surface area contributed by atoms with Crippen molar-refractivity contribution < 1.29 is 23.5 Å². The third-order valence-corrected chi connectivity index (χ3v) is 20.0. The van der Waals surface area contributed by atoms with Crippen molar-refractivity contribution in [1.29, 1.82) is 0 Å². The van der Waals surface area contributed by atoms with Crippen molar-refractivity contribution in [1.82, 2.24) is 14.7 Å². The van der Waals surface area contributed by atoms with E-state index in [4.69, 9.17) is 13.9 Å². The molecule has 8 nitrogen and oxygen atoms in total. The van der Waals surface area contributed by atoms with E-state index in [0.29, 0.717) is 32.7 Å². The van der Waals surface area contributed by atoms with Gasteiger partial charge in [-0.2, -0.15) is 0 Å². The molecule has 0 aromatic heterocycles. The molecule has 71 heavy (non-hydrogen) atoms. The molecule has 0 N–H and O–H groups in total. The van der Waals surface area contributed by atoms with E-state index < -0.39 is 8.32 Å². The van der Waals surface area contributed by atoms with Gasteiger partial charge in [0.2, 0.25) is 0 Å². The van der Waals surface area contributed by atoms with Gasteiger partial charge in [0, 0.05) is 39.1 Å². The topological polar surface area (TPSA) is 71.6 Å². The SMILES string of the molecule is CCCCCCCCCCN(CCCCCCCCCC)CCCC(=O)OCCCN(CCCOC(=O)CCCN(CCCCCCCCCC)CCCCCCCCCC)CCO[Si](C)(C)C(C)(C)C. The van der Waals surface area contributed by atoms with Gasteiger partial charge in [-0.15, -0.1) is 0 Å². The van der Waals surface area contributed by atoms with E-state index in [1.807, 2.05) is 0 Å². The fraction of sp³-hybridized carbons (Fsp3) is 0.968. The largest absolute Gasteiger partial charge is 0.466 e. The Morgan fingerprint density at radius 2 is 0.563 bits per heavy atom. The minimum atomic E-state index is -1.86. The summed E-state index contributed by atoms with van der Waals surface area (Å²) >= 11 is 0. The minimum absolute atomic E-state index is 0.0618. The molecule has 0 aliphatic rings. The van der Waals surface area contributed by atoms with Gasteiger partial charge >= 0.3 is 11.9 Å². The Hall–Kier alpha value is -1.00. The average Bonchev–Trinajstić information content (AvgIpc) is 3.33. The van der Waals surface area contributed by atoms with Crippen molar-refractivity contribution in [2.75, 3.05) is 78.7 Å². The zero-order valence-electron chi connectivity index (χ0n) is 49.7. The van der Waals surface area contributed by atoms with E-state index in [2.05, 4.69) is 76.3 Å². The highest BCUT2D eigenvalue weighted by atomic mass is 28.4. The minimum Gasteiger partial charge on any atom is -0.466 e. The van der Waals surface area contributed by atoms with Crippen LogP contribution in [0.5, 0.6) is 0 Å². The highest BCUT2D eigenvalue weighted by Crippen LogP contribution is 2.36. The van der Waals surface area contributed by atoms with E-state index in [-0.39, 0.29) is 17.0 Å². The number of unbranched alkanes of at least 4 members (excludes halogenated alkanes) is 28.